The molecule has 5 nitrogen and oxygen atoms in total. The van der Waals surface area contributed by atoms with Crippen LogP contribution in [0.4, 0.5) is 5.82 Å². The van der Waals surface area contributed by atoms with Crippen LogP contribution in [-0.4, -0.2) is 33.5 Å². The average Bonchev–Trinajstić information content (AvgIpc) is 2.26. The third-order valence-electron chi connectivity index (χ3n) is 2.53. The summed E-state index contributed by atoms with van der Waals surface area (Å²) >= 11 is 5.83. The molecule has 17 heavy (non-hydrogen) atoms. The first-order valence-electron chi connectivity index (χ1n) is 5.35. The summed E-state index contributed by atoms with van der Waals surface area (Å²) in [4.78, 5) is 18.9. The van der Waals surface area contributed by atoms with Gasteiger partial charge in [-0.15, -0.1) is 0 Å². The average molecular weight is 258 g/mol. The molecule has 0 aromatic carbocycles. The molecule has 94 valence electrons. The van der Waals surface area contributed by atoms with Gasteiger partial charge in [-0.1, -0.05) is 18.5 Å². The Balaban J connectivity index is 2.94. The predicted molar refractivity (Wildman–Crippen MR) is 66.6 cm³/mol. The smallest absolute Gasteiger partial charge is 0.156 e. The molecule has 0 radical (unpaired) electrons. The number of anilines is 1. The van der Waals surface area contributed by atoms with Crippen LogP contribution in [0.15, 0.2) is 0 Å². The maximum atomic E-state index is 10.9. The van der Waals surface area contributed by atoms with Crippen molar-refractivity contribution in [2.45, 2.75) is 32.8 Å². The van der Waals surface area contributed by atoms with Crippen molar-refractivity contribution in [3.8, 4) is 0 Å². The number of aldehydes is 1. The van der Waals surface area contributed by atoms with E-state index in [1.807, 2.05) is 6.92 Å². The number of aromatic nitrogens is 2. The first-order chi connectivity index (χ1) is 7.89. The summed E-state index contributed by atoms with van der Waals surface area (Å²) in [6.07, 6.45) is 1.19. The molecule has 0 bridgehead atoms. The van der Waals surface area contributed by atoms with E-state index >= 15 is 0 Å². The second-order valence-electron chi connectivity index (χ2n) is 4.15. The zero-order valence-electron chi connectivity index (χ0n) is 10.1. The second kappa shape index (κ2) is 5.42. The van der Waals surface area contributed by atoms with E-state index in [0.717, 1.165) is 0 Å². The van der Waals surface area contributed by atoms with E-state index in [1.54, 1.807) is 13.8 Å². The van der Waals surface area contributed by atoms with Gasteiger partial charge in [0.25, 0.3) is 0 Å². The third kappa shape index (κ3) is 3.64. The Morgan fingerprint density at radius 3 is 2.71 bits per heavy atom. The molecule has 0 saturated carbocycles. The van der Waals surface area contributed by atoms with Crippen molar-refractivity contribution < 1.29 is 9.90 Å². The van der Waals surface area contributed by atoms with Crippen molar-refractivity contribution in [2.75, 3.05) is 11.9 Å². The number of aryl methyl sites for hydroxylation is 1. The van der Waals surface area contributed by atoms with Crippen LogP contribution in [0.5, 0.6) is 0 Å². The van der Waals surface area contributed by atoms with Crippen molar-refractivity contribution >= 4 is 23.7 Å². The van der Waals surface area contributed by atoms with Gasteiger partial charge in [0.15, 0.2) is 6.29 Å². The van der Waals surface area contributed by atoms with Crippen molar-refractivity contribution in [3.05, 3.63) is 16.5 Å². The molecule has 0 amide bonds. The Kier molecular flexibility index (Phi) is 4.42. The highest BCUT2D eigenvalue weighted by molar-refractivity contribution is 6.32. The number of hydrogen-bond acceptors (Lipinski definition) is 5. The van der Waals surface area contributed by atoms with Gasteiger partial charge in [0.05, 0.1) is 11.2 Å². The van der Waals surface area contributed by atoms with Gasteiger partial charge in [-0.25, -0.2) is 9.97 Å². The molecule has 1 unspecified atom stereocenters. The number of hydrogen-bond donors (Lipinski definition) is 2. The van der Waals surface area contributed by atoms with Crippen LogP contribution in [0, 0.1) is 6.92 Å². The molecule has 1 aromatic rings. The van der Waals surface area contributed by atoms with Gasteiger partial charge in [0, 0.05) is 6.54 Å². The summed E-state index contributed by atoms with van der Waals surface area (Å²) in [6.45, 7) is 5.55. The highest BCUT2D eigenvalue weighted by Crippen LogP contribution is 2.20. The molecule has 1 rings (SSSR count). The molecule has 0 aliphatic rings. The summed E-state index contributed by atoms with van der Waals surface area (Å²) in [5.74, 6) is 0.825. The van der Waals surface area contributed by atoms with Gasteiger partial charge in [0.2, 0.25) is 0 Å². The SMILES string of the molecule is CCC(C)(O)CNc1nc(C)nc(Cl)c1C=O. The Hall–Kier alpha value is -1.20. The first kappa shape index (κ1) is 13.9. The van der Waals surface area contributed by atoms with E-state index < -0.39 is 5.60 Å². The lowest BCUT2D eigenvalue weighted by molar-refractivity contribution is 0.0696. The molecular formula is C11H16ClN3O2. The largest absolute Gasteiger partial charge is 0.388 e. The normalized spacial score (nSPS) is 14.2. The Morgan fingerprint density at radius 1 is 1.53 bits per heavy atom. The van der Waals surface area contributed by atoms with Crippen molar-refractivity contribution in [3.63, 3.8) is 0 Å². The van der Waals surface area contributed by atoms with E-state index in [0.29, 0.717) is 24.3 Å². The maximum absolute atomic E-state index is 10.9. The number of nitrogens with one attached hydrogen (secondary N) is 1. The van der Waals surface area contributed by atoms with Crippen LogP contribution >= 0.6 is 11.6 Å². The molecule has 1 atom stereocenters. The minimum atomic E-state index is -0.856. The fraction of sp³-hybridized carbons (Fsp3) is 0.545. The standard InChI is InChI=1S/C11H16ClN3O2/c1-4-11(3,17)6-13-10-8(5-16)9(12)14-7(2)15-10/h5,17H,4,6H2,1-3H3,(H,13,14,15). The topological polar surface area (TPSA) is 75.1 Å². The Labute approximate surface area is 105 Å². The quantitative estimate of drug-likeness (QED) is 0.622. The number of carbonyl (C=O) groups is 1. The van der Waals surface area contributed by atoms with Crippen molar-refractivity contribution in [1.29, 1.82) is 0 Å². The number of aliphatic hydroxyl groups is 1. The van der Waals surface area contributed by atoms with Gasteiger partial charge in [0.1, 0.15) is 16.8 Å². The predicted octanol–water partition coefficient (Wildman–Crippen LogP) is 1.82. The molecule has 1 aromatic heterocycles. The lowest BCUT2D eigenvalue weighted by atomic mass is 10.0. The summed E-state index contributed by atoms with van der Waals surface area (Å²) in [5.41, 5.74) is -0.643. The van der Waals surface area contributed by atoms with Crippen LogP contribution in [0.3, 0.4) is 0 Å². The lowest BCUT2D eigenvalue weighted by Gasteiger charge is -2.22. The highest BCUT2D eigenvalue weighted by Gasteiger charge is 2.19. The zero-order chi connectivity index (χ0) is 13.1. The van der Waals surface area contributed by atoms with E-state index in [9.17, 15) is 9.90 Å². The molecule has 0 aliphatic carbocycles. The molecule has 1 heterocycles. The van der Waals surface area contributed by atoms with E-state index in [-0.39, 0.29) is 17.3 Å². The van der Waals surface area contributed by atoms with Crippen LogP contribution in [0.25, 0.3) is 0 Å². The summed E-state index contributed by atoms with van der Waals surface area (Å²) in [6, 6.07) is 0. The van der Waals surface area contributed by atoms with Gasteiger partial charge in [-0.05, 0) is 20.3 Å². The van der Waals surface area contributed by atoms with Crippen LogP contribution in [0.1, 0.15) is 36.5 Å². The summed E-state index contributed by atoms with van der Waals surface area (Å²) in [5, 5.41) is 12.9. The van der Waals surface area contributed by atoms with Crippen molar-refractivity contribution in [2.24, 2.45) is 0 Å². The highest BCUT2D eigenvalue weighted by atomic mass is 35.5. The third-order valence-corrected chi connectivity index (χ3v) is 2.82. The summed E-state index contributed by atoms with van der Waals surface area (Å²) < 4.78 is 0. The van der Waals surface area contributed by atoms with Crippen LogP contribution < -0.4 is 5.32 Å². The summed E-state index contributed by atoms with van der Waals surface area (Å²) in [7, 11) is 0. The van der Waals surface area contributed by atoms with Crippen LogP contribution in [-0.2, 0) is 0 Å². The molecule has 2 N–H and O–H groups in total. The monoisotopic (exact) mass is 257 g/mol. The van der Waals surface area contributed by atoms with Gasteiger partial charge in [-0.2, -0.15) is 0 Å². The maximum Gasteiger partial charge on any atom is 0.156 e. The number of rotatable bonds is 5. The molecule has 0 fully saturated rings. The number of nitrogens with zero attached hydrogens (tertiary/aromatic N) is 2. The van der Waals surface area contributed by atoms with Gasteiger partial charge >= 0.3 is 0 Å². The molecular weight excluding hydrogens is 242 g/mol. The minimum Gasteiger partial charge on any atom is -0.388 e. The zero-order valence-corrected chi connectivity index (χ0v) is 10.9. The Bertz CT molecular complexity index is 421. The Morgan fingerprint density at radius 2 is 2.18 bits per heavy atom. The van der Waals surface area contributed by atoms with Gasteiger partial charge in [-0.3, -0.25) is 4.79 Å². The molecule has 0 aliphatic heterocycles. The number of carbonyl (C=O) groups excluding carboxylic acids is 1. The van der Waals surface area contributed by atoms with Gasteiger partial charge < -0.3 is 10.4 Å². The van der Waals surface area contributed by atoms with Crippen molar-refractivity contribution in [1.82, 2.24) is 9.97 Å². The second-order valence-corrected chi connectivity index (χ2v) is 4.50. The fourth-order valence-corrected chi connectivity index (χ4v) is 1.44. The van der Waals surface area contributed by atoms with E-state index in [2.05, 4.69) is 15.3 Å². The first-order valence-corrected chi connectivity index (χ1v) is 5.73. The van der Waals surface area contributed by atoms with E-state index in [1.165, 1.54) is 0 Å². The van der Waals surface area contributed by atoms with E-state index in [4.69, 9.17) is 11.6 Å². The molecule has 0 spiro atoms. The molecule has 6 heteroatoms. The molecule has 0 saturated heterocycles. The fourth-order valence-electron chi connectivity index (χ4n) is 1.19. The lowest BCUT2D eigenvalue weighted by Crippen LogP contribution is -2.33. The van der Waals surface area contributed by atoms with Crippen LogP contribution in [0.2, 0.25) is 5.15 Å². The minimum absolute atomic E-state index is 0.117. The number of halogens is 1.